The van der Waals surface area contributed by atoms with Crippen molar-refractivity contribution in [2.45, 2.75) is 6.42 Å². The van der Waals surface area contributed by atoms with Crippen molar-refractivity contribution in [2.75, 3.05) is 0 Å². The molecule has 0 atom stereocenters. The number of aromatic nitrogens is 1. The summed E-state index contributed by atoms with van der Waals surface area (Å²) in [4.78, 5) is 12.9. The zero-order valence-electron chi connectivity index (χ0n) is 5.48. The maximum absolute atomic E-state index is 10.6. The number of hydrogen-bond donors (Lipinski definition) is 1. The molecule has 1 heterocycles. The Morgan fingerprint density at radius 3 is 3.20 bits per heavy atom. The van der Waals surface area contributed by atoms with Crippen molar-refractivity contribution in [3.8, 4) is 0 Å². The highest BCUT2D eigenvalue weighted by molar-refractivity contribution is 5.10. The minimum absolute atomic E-state index is 0.237. The van der Waals surface area contributed by atoms with E-state index in [4.69, 9.17) is 0 Å². The molecule has 1 rings (SSSR count). The Bertz CT molecular complexity index is 275. The molecule has 50 valence electrons. The molecule has 0 aromatic carbocycles. The Kier molecular flexibility index (Phi) is 2.05. The van der Waals surface area contributed by atoms with Gasteiger partial charge in [-0.1, -0.05) is 6.08 Å². The van der Waals surface area contributed by atoms with E-state index in [1.807, 2.05) is 0 Å². The van der Waals surface area contributed by atoms with E-state index in [0.717, 1.165) is 5.56 Å². The van der Waals surface area contributed by atoms with Crippen LogP contribution in [0, 0.1) is 12.3 Å². The summed E-state index contributed by atoms with van der Waals surface area (Å²) in [7, 11) is 0. The molecule has 10 heavy (non-hydrogen) atoms. The van der Waals surface area contributed by atoms with E-state index in [1.54, 1.807) is 12.1 Å². The van der Waals surface area contributed by atoms with Gasteiger partial charge in [0.15, 0.2) is 0 Å². The Labute approximate surface area is 59.2 Å². The molecule has 2 heteroatoms. The van der Waals surface area contributed by atoms with E-state index in [-0.39, 0.29) is 5.56 Å². The van der Waals surface area contributed by atoms with Gasteiger partial charge >= 0.3 is 0 Å². The first-order valence-corrected chi connectivity index (χ1v) is 2.95. The average Bonchev–Trinajstić information content (AvgIpc) is 1.88. The van der Waals surface area contributed by atoms with Crippen LogP contribution in [0.3, 0.4) is 0 Å². The van der Waals surface area contributed by atoms with E-state index in [2.05, 4.69) is 23.8 Å². The third-order valence-corrected chi connectivity index (χ3v) is 1.07. The van der Waals surface area contributed by atoms with Crippen molar-refractivity contribution in [2.24, 2.45) is 0 Å². The van der Waals surface area contributed by atoms with Crippen molar-refractivity contribution >= 4 is 0 Å². The third-order valence-electron chi connectivity index (χ3n) is 1.07. The largest absolute Gasteiger partial charge is 0.320 e. The van der Waals surface area contributed by atoms with Gasteiger partial charge in [-0.05, 0) is 18.1 Å². The molecule has 0 amide bonds. The lowest BCUT2D eigenvalue weighted by Gasteiger charge is -1.89. The van der Waals surface area contributed by atoms with E-state index in [9.17, 15) is 4.79 Å². The summed E-state index contributed by atoms with van der Waals surface area (Å²) in [5.41, 5.74) is 0.582. The minimum atomic E-state index is -0.237. The van der Waals surface area contributed by atoms with Crippen molar-refractivity contribution in [1.29, 1.82) is 0 Å². The van der Waals surface area contributed by atoms with Gasteiger partial charge in [0, 0.05) is 0 Å². The lowest BCUT2D eigenvalue weighted by Crippen LogP contribution is -2.04. The normalized spacial score (nSPS) is 9.20. The molecule has 1 aromatic heterocycles. The number of hydrogen-bond acceptors (Lipinski definition) is 1. The van der Waals surface area contributed by atoms with Crippen molar-refractivity contribution in [3.63, 3.8) is 0 Å². The van der Waals surface area contributed by atoms with Gasteiger partial charge in [-0.3, -0.25) is 4.79 Å². The predicted octanol–water partition coefficient (Wildman–Crippen LogP) is 0.704. The second-order valence-electron chi connectivity index (χ2n) is 1.89. The van der Waals surface area contributed by atoms with Crippen LogP contribution in [0.1, 0.15) is 5.56 Å². The first-order chi connectivity index (χ1) is 4.83. The first kappa shape index (κ1) is 6.81. The number of aromatic amines is 1. The zero-order valence-corrected chi connectivity index (χ0v) is 5.48. The van der Waals surface area contributed by atoms with Gasteiger partial charge < -0.3 is 4.98 Å². The molecule has 0 aliphatic heterocycles. The van der Waals surface area contributed by atoms with Crippen molar-refractivity contribution in [1.82, 2.24) is 4.98 Å². The molecule has 0 aliphatic carbocycles. The summed E-state index contributed by atoms with van der Waals surface area (Å²) in [6.07, 6.45) is 4.99. The summed E-state index contributed by atoms with van der Waals surface area (Å²) >= 11 is 0. The van der Waals surface area contributed by atoms with Gasteiger partial charge in [0.05, 0.1) is 12.3 Å². The molecule has 0 bridgehead atoms. The van der Waals surface area contributed by atoms with Crippen LogP contribution in [-0.4, -0.2) is 4.98 Å². The van der Waals surface area contributed by atoms with Gasteiger partial charge in [-0.25, -0.2) is 0 Å². The maximum Gasteiger partial charge on any atom is 0.256 e. The van der Waals surface area contributed by atoms with E-state index >= 15 is 0 Å². The number of H-pyrrole nitrogens is 1. The van der Waals surface area contributed by atoms with Crippen LogP contribution in [0.4, 0.5) is 0 Å². The molecule has 1 aromatic rings. The summed E-state index contributed by atoms with van der Waals surface area (Å²) in [6.45, 7) is 3.54. The van der Waals surface area contributed by atoms with Crippen LogP contribution < -0.4 is 5.56 Å². The topological polar surface area (TPSA) is 32.9 Å². The minimum Gasteiger partial charge on any atom is -0.320 e. The smallest absolute Gasteiger partial charge is 0.256 e. The maximum atomic E-state index is 10.6. The van der Waals surface area contributed by atoms with Crippen LogP contribution in [0.5, 0.6) is 0 Å². The molecular weight excluding hydrogens is 126 g/mol. The molecule has 0 aliphatic rings. The van der Waals surface area contributed by atoms with Gasteiger partial charge in [-0.2, -0.15) is 0 Å². The summed E-state index contributed by atoms with van der Waals surface area (Å²) in [6, 6.07) is 4.28. The predicted molar refractivity (Wildman–Crippen MR) is 38.6 cm³/mol. The Morgan fingerprint density at radius 1 is 1.80 bits per heavy atom. The molecule has 0 saturated heterocycles. The monoisotopic (exact) mass is 133 g/mol. The van der Waals surface area contributed by atoms with Gasteiger partial charge in [-0.15, -0.1) is 6.58 Å². The molecular formula is C8H7NO. The summed E-state index contributed by atoms with van der Waals surface area (Å²) in [5.74, 6) is 0. The second kappa shape index (κ2) is 3.01. The fourth-order valence-electron chi connectivity index (χ4n) is 0.667. The molecule has 2 nitrogen and oxygen atoms in total. The van der Waals surface area contributed by atoms with E-state index in [0.29, 0.717) is 6.42 Å². The Morgan fingerprint density at radius 2 is 2.60 bits per heavy atom. The van der Waals surface area contributed by atoms with Crippen molar-refractivity contribution in [3.05, 3.63) is 46.9 Å². The Hall–Kier alpha value is -1.31. The lowest BCUT2D eigenvalue weighted by atomic mass is 10.2. The Balaban J connectivity index is 2.95. The highest BCUT2D eigenvalue weighted by atomic mass is 16.1. The average molecular weight is 133 g/mol. The summed E-state index contributed by atoms with van der Waals surface area (Å²) in [5, 5.41) is 0. The number of nitrogens with one attached hydrogen (secondary N) is 1. The fraction of sp³-hybridized carbons (Fsp3) is 0.125. The van der Waals surface area contributed by atoms with Crippen LogP contribution in [0.15, 0.2) is 23.5 Å². The van der Waals surface area contributed by atoms with E-state index < -0.39 is 0 Å². The van der Waals surface area contributed by atoms with Gasteiger partial charge in [0.1, 0.15) is 0 Å². The SMILES string of the molecule is C=CCc1[c]c(=O)[nH][c]c1. The third kappa shape index (κ3) is 1.58. The molecule has 2 radical (unpaired) electrons. The molecule has 1 N–H and O–H groups in total. The van der Waals surface area contributed by atoms with Gasteiger partial charge in [0.25, 0.3) is 5.56 Å². The second-order valence-corrected chi connectivity index (χ2v) is 1.89. The standard InChI is InChI=1S/C8H7NO/c1-2-3-7-4-5-9-8(10)6-7/h2,4H,1,3H2,(H,9,10). The highest BCUT2D eigenvalue weighted by Gasteiger charge is 1.89. The van der Waals surface area contributed by atoms with Crippen LogP contribution in [-0.2, 0) is 6.42 Å². The quantitative estimate of drug-likeness (QED) is 0.592. The number of allylic oxidation sites excluding steroid dienone is 1. The molecule has 0 spiro atoms. The number of rotatable bonds is 2. The van der Waals surface area contributed by atoms with Crippen LogP contribution >= 0.6 is 0 Å². The van der Waals surface area contributed by atoms with Crippen molar-refractivity contribution < 1.29 is 0 Å². The lowest BCUT2D eigenvalue weighted by molar-refractivity contribution is 1.15. The van der Waals surface area contributed by atoms with E-state index in [1.165, 1.54) is 0 Å². The number of pyridine rings is 1. The molecule has 0 fully saturated rings. The summed E-state index contributed by atoms with van der Waals surface area (Å²) < 4.78 is 0. The van der Waals surface area contributed by atoms with Crippen LogP contribution in [0.2, 0.25) is 0 Å². The molecule has 0 saturated carbocycles. The fourth-order valence-corrected chi connectivity index (χ4v) is 0.667. The molecule has 0 unspecified atom stereocenters. The highest BCUT2D eigenvalue weighted by Crippen LogP contribution is 1.92. The van der Waals surface area contributed by atoms with Crippen LogP contribution in [0.25, 0.3) is 0 Å². The van der Waals surface area contributed by atoms with Gasteiger partial charge in [0.2, 0.25) is 0 Å². The zero-order chi connectivity index (χ0) is 7.40. The first-order valence-electron chi connectivity index (χ1n) is 2.95.